The maximum atomic E-state index is 12.3. The topological polar surface area (TPSA) is 49.4 Å². The van der Waals surface area contributed by atoms with Crippen molar-refractivity contribution in [3.05, 3.63) is 20.8 Å². The van der Waals surface area contributed by atoms with Crippen LogP contribution in [0.2, 0.25) is 0 Å². The molecule has 18 heavy (non-hydrogen) atoms. The molecule has 0 aliphatic carbocycles. The molecule has 0 saturated carbocycles. The SMILES string of the molecule is C[C@@]1(c2ccc(Br)s2)NC(=O)N(CC(F)F)C1=O. The minimum Gasteiger partial charge on any atom is -0.319 e. The number of thiophene rings is 1. The van der Waals surface area contributed by atoms with Gasteiger partial charge in [-0.05, 0) is 35.0 Å². The highest BCUT2D eigenvalue weighted by Gasteiger charge is 2.50. The van der Waals surface area contributed by atoms with Crippen molar-refractivity contribution in [3.8, 4) is 0 Å². The van der Waals surface area contributed by atoms with Crippen LogP contribution in [0, 0.1) is 0 Å². The van der Waals surface area contributed by atoms with Crippen LogP contribution in [-0.4, -0.2) is 29.8 Å². The molecule has 0 spiro atoms. The summed E-state index contributed by atoms with van der Waals surface area (Å²) >= 11 is 4.53. The molecule has 0 unspecified atom stereocenters. The first kappa shape index (κ1) is 13.4. The smallest absolute Gasteiger partial charge is 0.319 e. The van der Waals surface area contributed by atoms with Crippen molar-refractivity contribution in [1.82, 2.24) is 10.2 Å². The van der Waals surface area contributed by atoms with Gasteiger partial charge in [-0.3, -0.25) is 9.69 Å². The van der Waals surface area contributed by atoms with Gasteiger partial charge in [0, 0.05) is 4.88 Å². The van der Waals surface area contributed by atoms with Crippen molar-refractivity contribution in [2.24, 2.45) is 0 Å². The molecule has 8 heteroatoms. The van der Waals surface area contributed by atoms with E-state index in [9.17, 15) is 18.4 Å². The van der Waals surface area contributed by atoms with E-state index < -0.39 is 30.4 Å². The predicted octanol–water partition coefficient (Wildman–Crippen LogP) is 2.54. The number of imide groups is 1. The summed E-state index contributed by atoms with van der Waals surface area (Å²) in [6.07, 6.45) is -2.74. The zero-order valence-electron chi connectivity index (χ0n) is 9.25. The Morgan fingerprint density at radius 2 is 2.17 bits per heavy atom. The normalized spacial score (nSPS) is 23.9. The lowest BCUT2D eigenvalue weighted by Gasteiger charge is -2.19. The van der Waals surface area contributed by atoms with Crippen LogP contribution < -0.4 is 5.32 Å². The third-order valence-electron chi connectivity index (χ3n) is 2.66. The summed E-state index contributed by atoms with van der Waals surface area (Å²) in [5.74, 6) is -0.651. The summed E-state index contributed by atoms with van der Waals surface area (Å²) in [4.78, 5) is 24.8. The minimum atomic E-state index is -2.74. The number of halogens is 3. The Kier molecular flexibility index (Phi) is 3.41. The molecule has 0 aromatic carbocycles. The summed E-state index contributed by atoms with van der Waals surface area (Å²) < 4.78 is 25.4. The molecule has 1 aliphatic heterocycles. The second kappa shape index (κ2) is 4.58. The molecule has 1 aromatic heterocycles. The lowest BCUT2D eigenvalue weighted by molar-refractivity contribution is -0.132. The summed E-state index contributed by atoms with van der Waals surface area (Å²) in [5, 5.41) is 2.46. The molecule has 1 aliphatic rings. The Morgan fingerprint density at radius 1 is 1.50 bits per heavy atom. The van der Waals surface area contributed by atoms with Crippen LogP contribution in [0.5, 0.6) is 0 Å². The molecule has 0 radical (unpaired) electrons. The van der Waals surface area contributed by atoms with E-state index in [0.717, 1.165) is 3.79 Å². The van der Waals surface area contributed by atoms with Crippen LogP contribution in [-0.2, 0) is 10.3 Å². The quantitative estimate of drug-likeness (QED) is 0.861. The monoisotopic (exact) mass is 338 g/mol. The number of urea groups is 1. The van der Waals surface area contributed by atoms with E-state index in [1.807, 2.05) is 0 Å². The van der Waals surface area contributed by atoms with Crippen LogP contribution in [0.1, 0.15) is 11.8 Å². The van der Waals surface area contributed by atoms with Crippen molar-refractivity contribution in [2.75, 3.05) is 6.54 Å². The molecule has 1 N–H and O–H groups in total. The summed E-state index contributed by atoms with van der Waals surface area (Å²) in [5.41, 5.74) is -1.26. The number of alkyl halides is 2. The predicted molar refractivity (Wildman–Crippen MR) is 65.6 cm³/mol. The molecule has 1 atom stereocenters. The fourth-order valence-electron chi connectivity index (χ4n) is 1.75. The average molecular weight is 339 g/mol. The highest BCUT2D eigenvalue weighted by Crippen LogP contribution is 2.35. The standard InChI is InChI=1S/C10H9BrF2N2O2S/c1-10(5-2-3-6(11)18-5)8(16)15(4-7(12)13)9(17)14-10/h2-3,7H,4H2,1H3,(H,14,17)/t10-/m0/s1. The third-order valence-corrected chi connectivity index (χ3v) is 4.51. The van der Waals surface area contributed by atoms with Crippen molar-refractivity contribution < 1.29 is 18.4 Å². The van der Waals surface area contributed by atoms with Crippen molar-refractivity contribution in [3.63, 3.8) is 0 Å². The highest BCUT2D eigenvalue weighted by atomic mass is 79.9. The number of hydrogen-bond donors (Lipinski definition) is 1. The van der Waals surface area contributed by atoms with Crippen molar-refractivity contribution >= 4 is 39.2 Å². The van der Waals surface area contributed by atoms with E-state index in [1.165, 1.54) is 18.3 Å². The molecule has 0 bridgehead atoms. The van der Waals surface area contributed by atoms with Crippen molar-refractivity contribution in [1.29, 1.82) is 0 Å². The Labute approximate surface area is 114 Å². The maximum absolute atomic E-state index is 12.3. The highest BCUT2D eigenvalue weighted by molar-refractivity contribution is 9.11. The fourth-order valence-corrected chi connectivity index (χ4v) is 3.23. The zero-order chi connectivity index (χ0) is 13.5. The second-order valence-corrected chi connectivity index (χ2v) is 6.43. The van der Waals surface area contributed by atoms with Crippen LogP contribution in [0.25, 0.3) is 0 Å². The van der Waals surface area contributed by atoms with Gasteiger partial charge in [-0.1, -0.05) is 0 Å². The molecule has 2 rings (SSSR count). The molecule has 4 nitrogen and oxygen atoms in total. The number of nitrogens with one attached hydrogen (secondary N) is 1. The Morgan fingerprint density at radius 3 is 2.67 bits per heavy atom. The van der Waals surface area contributed by atoms with Gasteiger partial charge in [-0.2, -0.15) is 0 Å². The summed E-state index contributed by atoms with van der Waals surface area (Å²) in [6, 6.07) is 2.63. The van der Waals surface area contributed by atoms with Gasteiger partial charge in [0.25, 0.3) is 12.3 Å². The fraction of sp³-hybridized carbons (Fsp3) is 0.400. The van der Waals surface area contributed by atoms with E-state index in [4.69, 9.17) is 0 Å². The number of carbonyl (C=O) groups excluding carboxylic acids is 2. The Bertz CT molecular complexity index is 508. The number of hydrogen-bond acceptors (Lipinski definition) is 3. The number of rotatable bonds is 3. The minimum absolute atomic E-state index is 0.554. The van der Waals surface area contributed by atoms with E-state index in [1.54, 1.807) is 12.1 Å². The van der Waals surface area contributed by atoms with Gasteiger partial charge in [0.2, 0.25) is 0 Å². The molecule has 2 heterocycles. The van der Waals surface area contributed by atoms with Crippen molar-refractivity contribution in [2.45, 2.75) is 18.9 Å². The van der Waals surface area contributed by atoms with Crippen LogP contribution in [0.4, 0.5) is 13.6 Å². The molecule has 1 fully saturated rings. The number of carbonyl (C=O) groups is 2. The Balaban J connectivity index is 2.31. The molecule has 3 amide bonds. The van der Waals surface area contributed by atoms with E-state index >= 15 is 0 Å². The maximum Gasteiger partial charge on any atom is 0.325 e. The first-order valence-electron chi connectivity index (χ1n) is 5.02. The van der Waals surface area contributed by atoms with Gasteiger partial charge in [-0.15, -0.1) is 11.3 Å². The number of amides is 3. The van der Waals surface area contributed by atoms with Crippen LogP contribution >= 0.6 is 27.3 Å². The molecular weight excluding hydrogens is 330 g/mol. The molecular formula is C10H9BrF2N2O2S. The van der Waals surface area contributed by atoms with Gasteiger partial charge < -0.3 is 5.32 Å². The van der Waals surface area contributed by atoms with Crippen LogP contribution in [0.15, 0.2) is 15.9 Å². The first-order chi connectivity index (χ1) is 8.34. The Hall–Kier alpha value is -1.02. The molecule has 1 aromatic rings. The summed E-state index contributed by atoms with van der Waals surface area (Å²) in [7, 11) is 0. The number of nitrogens with zero attached hydrogens (tertiary/aromatic N) is 1. The summed E-state index contributed by atoms with van der Waals surface area (Å²) in [6.45, 7) is 0.629. The first-order valence-corrected chi connectivity index (χ1v) is 6.63. The zero-order valence-corrected chi connectivity index (χ0v) is 11.6. The lowest BCUT2D eigenvalue weighted by atomic mass is 10.0. The van der Waals surface area contributed by atoms with Gasteiger partial charge in [0.1, 0.15) is 0 Å². The average Bonchev–Trinajstić information content (AvgIpc) is 2.78. The van der Waals surface area contributed by atoms with E-state index in [2.05, 4.69) is 21.2 Å². The van der Waals surface area contributed by atoms with Gasteiger partial charge >= 0.3 is 6.03 Å². The van der Waals surface area contributed by atoms with Gasteiger partial charge in [0.05, 0.1) is 10.3 Å². The second-order valence-electron chi connectivity index (χ2n) is 3.97. The lowest BCUT2D eigenvalue weighted by Crippen LogP contribution is -2.40. The largest absolute Gasteiger partial charge is 0.325 e. The van der Waals surface area contributed by atoms with Gasteiger partial charge in [-0.25, -0.2) is 13.6 Å². The van der Waals surface area contributed by atoms with Crippen LogP contribution in [0.3, 0.4) is 0 Å². The van der Waals surface area contributed by atoms with Gasteiger partial charge in [0.15, 0.2) is 5.54 Å². The third kappa shape index (κ3) is 2.14. The molecule has 1 saturated heterocycles. The van der Waals surface area contributed by atoms with E-state index in [-0.39, 0.29) is 0 Å². The van der Waals surface area contributed by atoms with E-state index in [0.29, 0.717) is 9.78 Å². The molecule has 98 valence electrons.